The minimum absolute atomic E-state index is 0.00747. The van der Waals surface area contributed by atoms with Gasteiger partial charge in [0.25, 0.3) is 0 Å². The summed E-state index contributed by atoms with van der Waals surface area (Å²) in [5.41, 5.74) is 0.758. The number of amides is 1. The first-order valence-corrected chi connectivity index (χ1v) is 5.70. The molecule has 1 aromatic rings. The first-order chi connectivity index (χ1) is 8.72. The maximum atomic E-state index is 11.0. The predicted molar refractivity (Wildman–Crippen MR) is 67.7 cm³/mol. The number of ether oxygens (including phenoxy) is 2. The number of hydrogen-bond donors (Lipinski definition) is 2. The third kappa shape index (κ3) is 3.89. The second-order valence-electron chi connectivity index (χ2n) is 3.59. The van der Waals surface area contributed by atoms with Crippen LogP contribution in [-0.2, 0) is 11.3 Å². The lowest BCUT2D eigenvalue weighted by Gasteiger charge is -2.11. The Balaban J connectivity index is 2.54. The van der Waals surface area contributed by atoms with Crippen molar-refractivity contribution in [2.75, 3.05) is 27.8 Å². The molecule has 0 spiro atoms. The molecular weight excluding hydrogens is 234 g/mol. The van der Waals surface area contributed by atoms with E-state index in [9.17, 15) is 4.79 Å². The third-order valence-corrected chi connectivity index (χ3v) is 2.47. The molecule has 0 aliphatic rings. The molecule has 1 aromatic heterocycles. The molecule has 1 amide bonds. The van der Waals surface area contributed by atoms with Crippen LogP contribution in [0, 0.1) is 0 Å². The first-order valence-electron chi connectivity index (χ1n) is 5.70. The van der Waals surface area contributed by atoms with E-state index in [1.807, 2.05) is 0 Å². The molecule has 0 aliphatic heterocycles. The van der Waals surface area contributed by atoms with Gasteiger partial charge in [-0.3, -0.25) is 9.78 Å². The highest BCUT2D eigenvalue weighted by molar-refractivity contribution is 5.75. The zero-order valence-corrected chi connectivity index (χ0v) is 10.9. The van der Waals surface area contributed by atoms with Crippen LogP contribution in [-0.4, -0.2) is 38.7 Å². The van der Waals surface area contributed by atoms with Crippen molar-refractivity contribution in [3.05, 3.63) is 18.0 Å². The predicted octanol–water partition coefficient (Wildman–Crippen LogP) is 0.325. The van der Waals surface area contributed by atoms with E-state index >= 15 is 0 Å². The second kappa shape index (κ2) is 7.50. The Morgan fingerprint density at radius 2 is 2.17 bits per heavy atom. The Labute approximate surface area is 107 Å². The van der Waals surface area contributed by atoms with Gasteiger partial charge in [-0.2, -0.15) is 0 Å². The van der Waals surface area contributed by atoms with Crippen molar-refractivity contribution >= 4 is 5.91 Å². The molecule has 18 heavy (non-hydrogen) atoms. The highest BCUT2D eigenvalue weighted by Crippen LogP contribution is 2.28. The molecule has 0 saturated carbocycles. The van der Waals surface area contributed by atoms with Crippen molar-refractivity contribution in [3.8, 4) is 11.5 Å². The lowest BCUT2D eigenvalue weighted by atomic mass is 10.3. The summed E-state index contributed by atoms with van der Waals surface area (Å²) in [5, 5.41) is 5.70. The van der Waals surface area contributed by atoms with Crippen molar-refractivity contribution in [2.45, 2.75) is 13.0 Å². The van der Waals surface area contributed by atoms with Crippen LogP contribution in [0.25, 0.3) is 0 Å². The van der Waals surface area contributed by atoms with Gasteiger partial charge in [-0.05, 0) is 0 Å². The van der Waals surface area contributed by atoms with Crippen LogP contribution >= 0.6 is 0 Å². The van der Waals surface area contributed by atoms with Gasteiger partial charge >= 0.3 is 0 Å². The maximum Gasteiger partial charge on any atom is 0.221 e. The smallest absolute Gasteiger partial charge is 0.221 e. The summed E-state index contributed by atoms with van der Waals surface area (Å²) >= 11 is 0. The van der Waals surface area contributed by atoms with Gasteiger partial charge in [0.2, 0.25) is 5.91 Å². The Bertz CT molecular complexity index is 396. The van der Waals surface area contributed by atoms with E-state index in [1.54, 1.807) is 33.5 Å². The van der Waals surface area contributed by atoms with E-state index in [0.717, 1.165) is 5.69 Å². The summed E-state index contributed by atoms with van der Waals surface area (Å²) in [6, 6.07) is 1.74. The van der Waals surface area contributed by atoms with Gasteiger partial charge in [-0.25, -0.2) is 0 Å². The highest BCUT2D eigenvalue weighted by atomic mass is 16.5. The van der Waals surface area contributed by atoms with E-state index in [1.165, 1.54) is 0 Å². The average Bonchev–Trinajstić information content (AvgIpc) is 2.42. The summed E-state index contributed by atoms with van der Waals surface area (Å²) in [5.74, 6) is 1.27. The molecule has 0 unspecified atom stereocenters. The summed E-state index contributed by atoms with van der Waals surface area (Å²) in [6.07, 6.45) is 2.10. The van der Waals surface area contributed by atoms with Crippen LogP contribution < -0.4 is 20.1 Å². The van der Waals surface area contributed by atoms with E-state index in [2.05, 4.69) is 15.6 Å². The number of methoxy groups -OCH3 is 2. The molecule has 0 radical (unpaired) electrons. The number of aromatic nitrogens is 1. The lowest BCUT2D eigenvalue weighted by molar-refractivity contribution is -0.120. The topological polar surface area (TPSA) is 72.5 Å². The Hall–Kier alpha value is -1.82. The fraction of sp³-hybridized carbons (Fsp3) is 0.500. The van der Waals surface area contributed by atoms with Gasteiger partial charge in [-0.1, -0.05) is 0 Å². The number of nitrogens with one attached hydrogen (secondary N) is 2. The Kier molecular flexibility index (Phi) is 5.93. The van der Waals surface area contributed by atoms with Crippen LogP contribution in [0.2, 0.25) is 0 Å². The minimum atomic E-state index is 0.00747. The number of pyridine rings is 1. The van der Waals surface area contributed by atoms with Gasteiger partial charge < -0.3 is 20.1 Å². The first kappa shape index (κ1) is 14.2. The van der Waals surface area contributed by atoms with Crippen molar-refractivity contribution in [1.29, 1.82) is 0 Å². The minimum Gasteiger partial charge on any atom is -0.493 e. The SMILES string of the molecule is CNC(=O)CCNCc1nccc(OC)c1OC. The number of hydrogen-bond acceptors (Lipinski definition) is 5. The molecule has 0 saturated heterocycles. The van der Waals surface area contributed by atoms with Gasteiger partial charge in [0.05, 0.1) is 19.9 Å². The Morgan fingerprint density at radius 1 is 1.39 bits per heavy atom. The largest absolute Gasteiger partial charge is 0.493 e. The van der Waals surface area contributed by atoms with Crippen LogP contribution in [0.3, 0.4) is 0 Å². The number of carbonyl (C=O) groups is 1. The molecule has 100 valence electrons. The molecule has 0 atom stereocenters. The lowest BCUT2D eigenvalue weighted by Crippen LogP contribution is -2.24. The molecule has 1 rings (SSSR count). The molecule has 0 aliphatic carbocycles. The molecular formula is C12H19N3O3. The summed E-state index contributed by atoms with van der Waals surface area (Å²) in [6.45, 7) is 1.11. The molecule has 2 N–H and O–H groups in total. The molecule has 6 heteroatoms. The maximum absolute atomic E-state index is 11.0. The van der Waals surface area contributed by atoms with Gasteiger partial charge in [0, 0.05) is 38.8 Å². The van der Waals surface area contributed by atoms with Crippen molar-refractivity contribution in [3.63, 3.8) is 0 Å². The normalized spacial score (nSPS) is 9.94. The average molecular weight is 253 g/mol. The second-order valence-corrected chi connectivity index (χ2v) is 3.59. The fourth-order valence-corrected chi connectivity index (χ4v) is 1.51. The van der Waals surface area contributed by atoms with Crippen LogP contribution in [0.4, 0.5) is 0 Å². The van der Waals surface area contributed by atoms with Gasteiger partial charge in [-0.15, -0.1) is 0 Å². The third-order valence-electron chi connectivity index (χ3n) is 2.47. The summed E-state index contributed by atoms with van der Waals surface area (Å²) in [7, 11) is 4.78. The summed E-state index contributed by atoms with van der Waals surface area (Å²) in [4.78, 5) is 15.3. The van der Waals surface area contributed by atoms with Crippen molar-refractivity contribution < 1.29 is 14.3 Å². The van der Waals surface area contributed by atoms with Crippen LogP contribution in [0.5, 0.6) is 11.5 Å². The zero-order valence-electron chi connectivity index (χ0n) is 10.9. The van der Waals surface area contributed by atoms with Crippen LogP contribution in [0.15, 0.2) is 12.3 Å². The van der Waals surface area contributed by atoms with E-state index in [0.29, 0.717) is 31.0 Å². The molecule has 0 bridgehead atoms. The quantitative estimate of drug-likeness (QED) is 0.685. The van der Waals surface area contributed by atoms with Crippen molar-refractivity contribution in [2.24, 2.45) is 0 Å². The summed E-state index contributed by atoms with van der Waals surface area (Å²) < 4.78 is 10.4. The highest BCUT2D eigenvalue weighted by Gasteiger charge is 2.10. The Morgan fingerprint density at radius 3 is 2.78 bits per heavy atom. The van der Waals surface area contributed by atoms with E-state index < -0.39 is 0 Å². The number of carbonyl (C=O) groups excluding carboxylic acids is 1. The van der Waals surface area contributed by atoms with Gasteiger partial charge in [0.1, 0.15) is 0 Å². The molecule has 0 aromatic carbocycles. The number of nitrogens with zero attached hydrogens (tertiary/aromatic N) is 1. The molecule has 0 fully saturated rings. The zero-order chi connectivity index (χ0) is 13.4. The van der Waals surface area contributed by atoms with Gasteiger partial charge in [0.15, 0.2) is 11.5 Å². The van der Waals surface area contributed by atoms with Crippen LogP contribution in [0.1, 0.15) is 12.1 Å². The standard InChI is InChI=1S/C12H19N3O3/c1-13-11(16)5-6-14-8-9-12(18-3)10(17-2)4-7-15-9/h4,7,14H,5-6,8H2,1-3H3,(H,13,16). The van der Waals surface area contributed by atoms with Crippen molar-refractivity contribution in [1.82, 2.24) is 15.6 Å². The number of rotatable bonds is 7. The van der Waals surface area contributed by atoms with E-state index in [4.69, 9.17) is 9.47 Å². The molecule has 1 heterocycles. The fourth-order valence-electron chi connectivity index (χ4n) is 1.51. The monoisotopic (exact) mass is 253 g/mol. The van der Waals surface area contributed by atoms with E-state index in [-0.39, 0.29) is 5.91 Å². The molecule has 6 nitrogen and oxygen atoms in total.